The molecule has 0 fully saturated rings. The molecule has 2 heterocycles. The van der Waals surface area contributed by atoms with Crippen LogP contribution in [0.3, 0.4) is 0 Å². The lowest BCUT2D eigenvalue weighted by Crippen LogP contribution is -2.18. The Labute approximate surface area is 113 Å². The summed E-state index contributed by atoms with van der Waals surface area (Å²) in [6.07, 6.45) is 7.33. The van der Waals surface area contributed by atoms with Crippen LogP contribution in [0, 0.1) is 0 Å². The molecule has 0 saturated carbocycles. The summed E-state index contributed by atoms with van der Waals surface area (Å²) in [5, 5.41) is 3.29. The maximum Gasteiger partial charge on any atom is 0.138 e. The van der Waals surface area contributed by atoms with Gasteiger partial charge in [-0.1, -0.05) is 0 Å². The van der Waals surface area contributed by atoms with Crippen molar-refractivity contribution in [3.63, 3.8) is 0 Å². The third kappa shape index (κ3) is 3.51. The van der Waals surface area contributed by atoms with E-state index in [4.69, 9.17) is 4.74 Å². The van der Waals surface area contributed by atoms with E-state index in [1.807, 2.05) is 45.3 Å². The average molecular weight is 257 g/mol. The molecule has 2 rings (SSSR count). The van der Waals surface area contributed by atoms with E-state index in [9.17, 15) is 0 Å². The van der Waals surface area contributed by atoms with Gasteiger partial charge in [0.25, 0.3) is 0 Å². The number of aromatic nitrogens is 2. The predicted octanol–water partition coefficient (Wildman–Crippen LogP) is 2.57. The molecule has 0 aromatic carbocycles. The molecule has 19 heavy (non-hydrogen) atoms. The minimum atomic E-state index is 0.0891. The monoisotopic (exact) mass is 257 g/mol. The van der Waals surface area contributed by atoms with Gasteiger partial charge in [-0.15, -0.1) is 0 Å². The Hall–Kier alpha value is -1.94. The van der Waals surface area contributed by atoms with Gasteiger partial charge in [-0.05, 0) is 50.2 Å². The van der Waals surface area contributed by atoms with Crippen LogP contribution in [-0.2, 0) is 0 Å². The van der Waals surface area contributed by atoms with Crippen LogP contribution < -0.4 is 10.1 Å². The van der Waals surface area contributed by atoms with Crippen LogP contribution in [0.5, 0.6) is 5.75 Å². The Morgan fingerprint density at radius 3 is 2.42 bits per heavy atom. The average Bonchev–Trinajstić information content (AvgIpc) is 2.40. The smallest absolute Gasteiger partial charge is 0.138 e. The normalized spacial score (nSPS) is 12.4. The molecule has 0 saturated heterocycles. The van der Waals surface area contributed by atoms with Gasteiger partial charge in [-0.3, -0.25) is 9.97 Å². The first-order valence-corrected chi connectivity index (χ1v) is 6.39. The van der Waals surface area contributed by atoms with Gasteiger partial charge >= 0.3 is 0 Å². The SMILES string of the molecule is CNC(c1ccncc1)c1cncc(OC(C)C)c1. The molecule has 4 heteroatoms. The molecule has 2 aromatic rings. The van der Waals surface area contributed by atoms with Crippen LogP contribution in [0.15, 0.2) is 43.0 Å². The first-order valence-electron chi connectivity index (χ1n) is 6.39. The molecule has 1 atom stereocenters. The first kappa shape index (κ1) is 13.5. The van der Waals surface area contributed by atoms with Crippen molar-refractivity contribution in [3.8, 4) is 5.75 Å². The van der Waals surface area contributed by atoms with E-state index >= 15 is 0 Å². The lowest BCUT2D eigenvalue weighted by molar-refractivity contribution is 0.241. The number of hydrogen-bond acceptors (Lipinski definition) is 4. The Morgan fingerprint density at radius 1 is 1.05 bits per heavy atom. The number of pyridine rings is 2. The fourth-order valence-corrected chi connectivity index (χ4v) is 2.01. The van der Waals surface area contributed by atoms with Crippen molar-refractivity contribution in [2.45, 2.75) is 26.0 Å². The standard InChI is InChI=1S/C15H19N3O/c1-11(2)19-14-8-13(9-18-10-14)15(16-3)12-4-6-17-7-5-12/h4-11,15-16H,1-3H3. The van der Waals surface area contributed by atoms with E-state index in [2.05, 4.69) is 15.3 Å². The minimum Gasteiger partial charge on any atom is -0.489 e. The summed E-state index contributed by atoms with van der Waals surface area (Å²) in [6, 6.07) is 6.11. The molecule has 1 N–H and O–H groups in total. The molecule has 4 nitrogen and oxygen atoms in total. The van der Waals surface area contributed by atoms with Gasteiger partial charge in [-0.25, -0.2) is 0 Å². The Bertz CT molecular complexity index is 514. The summed E-state index contributed by atoms with van der Waals surface area (Å²) in [4.78, 5) is 8.30. The van der Waals surface area contributed by atoms with Gasteiger partial charge in [0.05, 0.1) is 18.3 Å². The molecule has 0 bridgehead atoms. The molecule has 0 aliphatic heterocycles. The summed E-state index contributed by atoms with van der Waals surface area (Å²) in [5.74, 6) is 0.793. The molecule has 0 aliphatic rings. The number of rotatable bonds is 5. The summed E-state index contributed by atoms with van der Waals surface area (Å²) in [7, 11) is 1.93. The number of nitrogens with zero attached hydrogens (tertiary/aromatic N) is 2. The molecular weight excluding hydrogens is 238 g/mol. The van der Waals surface area contributed by atoms with E-state index in [0.29, 0.717) is 0 Å². The molecular formula is C15H19N3O. The predicted molar refractivity (Wildman–Crippen MR) is 75.1 cm³/mol. The van der Waals surface area contributed by atoms with Gasteiger partial charge in [0.15, 0.2) is 0 Å². The van der Waals surface area contributed by atoms with E-state index in [1.54, 1.807) is 18.6 Å². The Morgan fingerprint density at radius 2 is 1.79 bits per heavy atom. The van der Waals surface area contributed by atoms with E-state index in [0.717, 1.165) is 16.9 Å². The number of nitrogens with one attached hydrogen (secondary N) is 1. The van der Waals surface area contributed by atoms with Gasteiger partial charge in [0, 0.05) is 18.6 Å². The minimum absolute atomic E-state index is 0.0891. The maximum absolute atomic E-state index is 5.68. The van der Waals surface area contributed by atoms with E-state index in [-0.39, 0.29) is 12.1 Å². The number of ether oxygens (including phenoxy) is 1. The van der Waals surface area contributed by atoms with Crippen molar-refractivity contribution in [1.82, 2.24) is 15.3 Å². The van der Waals surface area contributed by atoms with Crippen LogP contribution in [-0.4, -0.2) is 23.1 Å². The third-order valence-electron chi connectivity index (χ3n) is 2.77. The van der Waals surface area contributed by atoms with Crippen molar-refractivity contribution in [1.29, 1.82) is 0 Å². The summed E-state index contributed by atoms with van der Waals surface area (Å²) < 4.78 is 5.68. The van der Waals surface area contributed by atoms with Gasteiger partial charge < -0.3 is 10.1 Å². The van der Waals surface area contributed by atoms with Crippen molar-refractivity contribution in [2.75, 3.05) is 7.05 Å². The summed E-state index contributed by atoms with van der Waals surface area (Å²) >= 11 is 0. The van der Waals surface area contributed by atoms with Crippen LogP contribution in [0.2, 0.25) is 0 Å². The highest BCUT2D eigenvalue weighted by molar-refractivity contribution is 5.33. The molecule has 0 aliphatic carbocycles. The first-order chi connectivity index (χ1) is 9.20. The highest BCUT2D eigenvalue weighted by Gasteiger charge is 2.13. The lowest BCUT2D eigenvalue weighted by Gasteiger charge is -2.18. The van der Waals surface area contributed by atoms with Crippen molar-refractivity contribution < 1.29 is 4.74 Å². The third-order valence-corrected chi connectivity index (χ3v) is 2.77. The molecule has 2 aromatic heterocycles. The van der Waals surface area contributed by atoms with Gasteiger partial charge in [0.2, 0.25) is 0 Å². The van der Waals surface area contributed by atoms with E-state index < -0.39 is 0 Å². The van der Waals surface area contributed by atoms with Gasteiger partial charge in [0.1, 0.15) is 5.75 Å². The topological polar surface area (TPSA) is 47.0 Å². The summed E-state index contributed by atoms with van der Waals surface area (Å²) in [5.41, 5.74) is 2.23. The highest BCUT2D eigenvalue weighted by Crippen LogP contribution is 2.23. The maximum atomic E-state index is 5.68. The molecule has 100 valence electrons. The largest absolute Gasteiger partial charge is 0.489 e. The zero-order valence-electron chi connectivity index (χ0n) is 11.5. The molecule has 0 radical (unpaired) electrons. The Kier molecular flexibility index (Phi) is 4.47. The van der Waals surface area contributed by atoms with Crippen molar-refractivity contribution in [3.05, 3.63) is 54.1 Å². The second kappa shape index (κ2) is 6.29. The lowest BCUT2D eigenvalue weighted by atomic mass is 10.0. The second-order valence-electron chi connectivity index (χ2n) is 4.62. The van der Waals surface area contributed by atoms with Crippen LogP contribution >= 0.6 is 0 Å². The van der Waals surface area contributed by atoms with Crippen molar-refractivity contribution in [2.24, 2.45) is 0 Å². The van der Waals surface area contributed by atoms with Crippen molar-refractivity contribution >= 4 is 0 Å². The second-order valence-corrected chi connectivity index (χ2v) is 4.62. The van der Waals surface area contributed by atoms with Crippen LogP contribution in [0.25, 0.3) is 0 Å². The van der Waals surface area contributed by atoms with E-state index in [1.165, 1.54) is 0 Å². The molecule has 1 unspecified atom stereocenters. The number of hydrogen-bond donors (Lipinski definition) is 1. The molecule has 0 spiro atoms. The van der Waals surface area contributed by atoms with Gasteiger partial charge in [-0.2, -0.15) is 0 Å². The summed E-state index contributed by atoms with van der Waals surface area (Å²) in [6.45, 7) is 4.01. The fraction of sp³-hybridized carbons (Fsp3) is 0.333. The quantitative estimate of drug-likeness (QED) is 0.894. The zero-order chi connectivity index (χ0) is 13.7. The van der Waals surface area contributed by atoms with Crippen LogP contribution in [0.4, 0.5) is 0 Å². The van der Waals surface area contributed by atoms with Crippen LogP contribution in [0.1, 0.15) is 31.0 Å². The zero-order valence-corrected chi connectivity index (χ0v) is 11.5. The molecule has 0 amide bonds. The fourth-order valence-electron chi connectivity index (χ4n) is 2.01. The highest BCUT2D eigenvalue weighted by atomic mass is 16.5. The Balaban J connectivity index is 2.28.